The van der Waals surface area contributed by atoms with Gasteiger partial charge in [0.25, 0.3) is 0 Å². The number of benzene rings is 1. The number of ether oxygens (including phenoxy) is 1. The lowest BCUT2D eigenvalue weighted by molar-refractivity contribution is -0.147. The highest BCUT2D eigenvalue weighted by Crippen LogP contribution is 2.23. The van der Waals surface area contributed by atoms with E-state index in [1.54, 1.807) is 0 Å². The maximum atomic E-state index is 11.7. The number of aliphatic hydroxyl groups excluding tert-OH is 1. The lowest BCUT2D eigenvalue weighted by Crippen LogP contribution is -2.41. The van der Waals surface area contributed by atoms with Gasteiger partial charge in [-0.05, 0) is 44.4 Å². The van der Waals surface area contributed by atoms with E-state index in [4.69, 9.17) is 4.74 Å². The molecular formula is C17H25NO3. The molecule has 0 bridgehead atoms. The van der Waals surface area contributed by atoms with E-state index in [0.717, 1.165) is 36.1 Å². The molecule has 1 heterocycles. The van der Waals surface area contributed by atoms with Crippen LogP contribution < -0.4 is 0 Å². The topological polar surface area (TPSA) is 49.8 Å². The van der Waals surface area contributed by atoms with E-state index in [-0.39, 0.29) is 11.9 Å². The van der Waals surface area contributed by atoms with Gasteiger partial charge in [-0.15, -0.1) is 0 Å². The monoisotopic (exact) mass is 291 g/mol. The summed E-state index contributed by atoms with van der Waals surface area (Å²) in [7, 11) is 1.44. The van der Waals surface area contributed by atoms with Crippen LogP contribution in [0.25, 0.3) is 0 Å². The van der Waals surface area contributed by atoms with Gasteiger partial charge in [-0.3, -0.25) is 9.69 Å². The van der Waals surface area contributed by atoms with Gasteiger partial charge in [0, 0.05) is 13.1 Å². The van der Waals surface area contributed by atoms with Gasteiger partial charge in [-0.1, -0.05) is 23.8 Å². The number of aliphatic hydroxyl groups is 1. The molecule has 2 rings (SSSR count). The van der Waals surface area contributed by atoms with Gasteiger partial charge < -0.3 is 9.84 Å². The van der Waals surface area contributed by atoms with Crippen molar-refractivity contribution in [2.45, 2.75) is 32.8 Å². The Balaban J connectivity index is 2.00. The molecule has 1 aromatic carbocycles. The zero-order chi connectivity index (χ0) is 15.4. The Bertz CT molecular complexity index is 501. The number of aryl methyl sites for hydroxylation is 2. The number of hydrogen-bond acceptors (Lipinski definition) is 4. The molecule has 0 amide bonds. The summed E-state index contributed by atoms with van der Waals surface area (Å²) in [5.41, 5.74) is 3.24. The number of carbonyl (C=O) groups is 1. The Kier molecular flexibility index (Phi) is 5.37. The molecular weight excluding hydrogens is 266 g/mol. The van der Waals surface area contributed by atoms with Gasteiger partial charge in [0.05, 0.1) is 19.1 Å². The van der Waals surface area contributed by atoms with Crippen molar-refractivity contribution in [3.63, 3.8) is 0 Å². The van der Waals surface area contributed by atoms with E-state index in [2.05, 4.69) is 11.0 Å². The van der Waals surface area contributed by atoms with Crippen molar-refractivity contribution < 1.29 is 14.6 Å². The molecule has 0 aromatic heterocycles. The van der Waals surface area contributed by atoms with Crippen LogP contribution in [0, 0.1) is 19.8 Å². The lowest BCUT2D eigenvalue weighted by atomic mass is 9.96. The smallest absolute Gasteiger partial charge is 0.309 e. The highest BCUT2D eigenvalue weighted by Gasteiger charge is 2.27. The number of methoxy groups -OCH3 is 1. The number of rotatable bonds is 4. The first-order chi connectivity index (χ1) is 10.0. The van der Waals surface area contributed by atoms with Crippen molar-refractivity contribution in [1.29, 1.82) is 0 Å². The highest BCUT2D eigenvalue weighted by atomic mass is 16.5. The van der Waals surface area contributed by atoms with Crippen LogP contribution in [0.1, 0.15) is 35.6 Å². The summed E-state index contributed by atoms with van der Waals surface area (Å²) in [6, 6.07) is 6.14. The number of nitrogens with zero attached hydrogens (tertiary/aromatic N) is 1. The fourth-order valence-corrected chi connectivity index (χ4v) is 3.04. The molecule has 1 saturated heterocycles. The number of β-amino-alcohol motifs (C(OH)–C–C–N with tert-alkyl or cyclic N) is 1. The number of piperidine rings is 1. The van der Waals surface area contributed by atoms with Crippen molar-refractivity contribution in [2.75, 3.05) is 26.7 Å². The van der Waals surface area contributed by atoms with Crippen LogP contribution in [0.2, 0.25) is 0 Å². The molecule has 1 aliphatic rings. The maximum absolute atomic E-state index is 11.7. The second kappa shape index (κ2) is 7.05. The van der Waals surface area contributed by atoms with Crippen molar-refractivity contribution in [1.82, 2.24) is 4.90 Å². The molecule has 0 aliphatic carbocycles. The lowest BCUT2D eigenvalue weighted by Gasteiger charge is -2.33. The number of carbonyl (C=O) groups excluding carboxylic acids is 1. The SMILES string of the molecule is COC(=O)[C@@H]1CCCN(C[C@H](O)c2cc(C)ccc2C)C1. The summed E-state index contributed by atoms with van der Waals surface area (Å²) >= 11 is 0. The van der Waals surface area contributed by atoms with Crippen molar-refractivity contribution in [2.24, 2.45) is 5.92 Å². The Morgan fingerprint density at radius 3 is 2.95 bits per heavy atom. The first-order valence-corrected chi connectivity index (χ1v) is 7.56. The van der Waals surface area contributed by atoms with Crippen LogP contribution >= 0.6 is 0 Å². The molecule has 1 aromatic rings. The van der Waals surface area contributed by atoms with Crippen LogP contribution in [-0.2, 0) is 9.53 Å². The predicted octanol–water partition coefficient (Wildman–Crippen LogP) is 2.22. The number of likely N-dealkylation sites (tertiary alicyclic amines) is 1. The van der Waals surface area contributed by atoms with E-state index in [1.807, 2.05) is 26.0 Å². The Labute approximate surface area is 126 Å². The van der Waals surface area contributed by atoms with Gasteiger partial charge in [0.15, 0.2) is 0 Å². The Morgan fingerprint density at radius 2 is 2.24 bits per heavy atom. The minimum atomic E-state index is -0.513. The molecule has 1 N–H and O–H groups in total. The van der Waals surface area contributed by atoms with Crippen molar-refractivity contribution in [3.8, 4) is 0 Å². The van der Waals surface area contributed by atoms with Gasteiger partial charge >= 0.3 is 5.97 Å². The van der Waals surface area contributed by atoms with E-state index < -0.39 is 6.10 Å². The molecule has 0 radical (unpaired) electrons. The largest absolute Gasteiger partial charge is 0.469 e. The predicted molar refractivity (Wildman–Crippen MR) is 82.1 cm³/mol. The van der Waals surface area contributed by atoms with Crippen LogP contribution in [0.15, 0.2) is 18.2 Å². The standard InChI is InChI=1S/C17H25NO3/c1-12-6-7-13(2)15(9-12)16(19)11-18-8-4-5-14(10-18)17(20)21-3/h6-7,9,14,16,19H,4-5,8,10-11H2,1-3H3/t14-,16+/m1/s1. The average Bonchev–Trinajstić information content (AvgIpc) is 2.49. The van der Waals surface area contributed by atoms with E-state index >= 15 is 0 Å². The summed E-state index contributed by atoms with van der Waals surface area (Å²) in [6.07, 6.45) is 1.34. The summed E-state index contributed by atoms with van der Waals surface area (Å²) in [6.45, 7) is 6.22. The normalized spacial score (nSPS) is 21.0. The third-order valence-corrected chi connectivity index (χ3v) is 4.26. The molecule has 116 valence electrons. The van der Waals surface area contributed by atoms with Gasteiger partial charge in [0.2, 0.25) is 0 Å². The van der Waals surface area contributed by atoms with Crippen LogP contribution in [0.5, 0.6) is 0 Å². The fourth-order valence-electron chi connectivity index (χ4n) is 3.04. The van der Waals surface area contributed by atoms with Crippen molar-refractivity contribution in [3.05, 3.63) is 34.9 Å². The molecule has 0 saturated carbocycles. The van der Waals surface area contributed by atoms with E-state index in [0.29, 0.717) is 13.1 Å². The van der Waals surface area contributed by atoms with Gasteiger partial charge in [-0.2, -0.15) is 0 Å². The Morgan fingerprint density at radius 1 is 1.48 bits per heavy atom. The first kappa shape index (κ1) is 16.0. The summed E-state index contributed by atoms with van der Waals surface area (Å²) in [4.78, 5) is 13.8. The molecule has 4 nitrogen and oxygen atoms in total. The molecule has 21 heavy (non-hydrogen) atoms. The third kappa shape index (κ3) is 4.05. The third-order valence-electron chi connectivity index (χ3n) is 4.26. The summed E-state index contributed by atoms with van der Waals surface area (Å²) in [5.74, 6) is -0.199. The van der Waals surface area contributed by atoms with Crippen LogP contribution in [-0.4, -0.2) is 42.7 Å². The van der Waals surface area contributed by atoms with Gasteiger partial charge in [0.1, 0.15) is 0 Å². The van der Waals surface area contributed by atoms with Crippen LogP contribution in [0.4, 0.5) is 0 Å². The number of esters is 1. The highest BCUT2D eigenvalue weighted by molar-refractivity contribution is 5.72. The molecule has 0 spiro atoms. The number of hydrogen-bond donors (Lipinski definition) is 1. The second-order valence-electron chi connectivity index (χ2n) is 6.00. The van der Waals surface area contributed by atoms with Crippen LogP contribution in [0.3, 0.4) is 0 Å². The second-order valence-corrected chi connectivity index (χ2v) is 6.00. The zero-order valence-electron chi connectivity index (χ0n) is 13.1. The zero-order valence-corrected chi connectivity index (χ0v) is 13.1. The summed E-state index contributed by atoms with van der Waals surface area (Å²) < 4.78 is 4.83. The summed E-state index contributed by atoms with van der Waals surface area (Å²) in [5, 5.41) is 10.5. The quantitative estimate of drug-likeness (QED) is 0.864. The Hall–Kier alpha value is -1.39. The molecule has 4 heteroatoms. The van der Waals surface area contributed by atoms with E-state index in [1.165, 1.54) is 7.11 Å². The van der Waals surface area contributed by atoms with Gasteiger partial charge in [-0.25, -0.2) is 0 Å². The maximum Gasteiger partial charge on any atom is 0.309 e. The molecule has 0 unspecified atom stereocenters. The first-order valence-electron chi connectivity index (χ1n) is 7.56. The fraction of sp³-hybridized carbons (Fsp3) is 0.588. The van der Waals surface area contributed by atoms with Crippen molar-refractivity contribution >= 4 is 5.97 Å². The molecule has 2 atom stereocenters. The molecule has 1 aliphatic heterocycles. The average molecular weight is 291 g/mol. The minimum absolute atomic E-state index is 0.0606. The van der Waals surface area contributed by atoms with E-state index in [9.17, 15) is 9.90 Å². The molecule has 1 fully saturated rings. The minimum Gasteiger partial charge on any atom is -0.469 e.